The number of carbonyl (C=O) groups is 2. The van der Waals surface area contributed by atoms with Crippen LogP contribution in [0.3, 0.4) is 0 Å². The Kier molecular flexibility index (Phi) is 4.04. The van der Waals surface area contributed by atoms with Crippen molar-refractivity contribution in [3.8, 4) is 0 Å². The van der Waals surface area contributed by atoms with Crippen LogP contribution in [0.4, 0.5) is 11.4 Å². The molecule has 0 radical (unpaired) electrons. The number of carboxylic acids is 1. The van der Waals surface area contributed by atoms with Crippen molar-refractivity contribution in [2.75, 3.05) is 10.6 Å². The van der Waals surface area contributed by atoms with E-state index in [4.69, 9.17) is 16.7 Å². The number of hydrogen-bond donors (Lipinski definition) is 3. The van der Waals surface area contributed by atoms with Crippen LogP contribution in [0.25, 0.3) is 5.57 Å². The Morgan fingerprint density at radius 3 is 2.65 bits per heavy atom. The second kappa shape index (κ2) is 6.14. The lowest BCUT2D eigenvalue weighted by molar-refractivity contribution is -0.136. The predicted molar refractivity (Wildman–Crippen MR) is 89.5 cm³/mol. The molecule has 1 heterocycles. The fourth-order valence-electron chi connectivity index (χ4n) is 2.35. The molecule has 5 nitrogen and oxygen atoms in total. The van der Waals surface area contributed by atoms with Crippen LogP contribution in [-0.2, 0) is 16.0 Å². The van der Waals surface area contributed by atoms with Crippen molar-refractivity contribution in [1.82, 2.24) is 0 Å². The average molecular weight is 329 g/mol. The Morgan fingerprint density at radius 1 is 1.22 bits per heavy atom. The average Bonchev–Trinajstić information content (AvgIpc) is 2.81. The normalized spacial score (nSPS) is 14.5. The van der Waals surface area contributed by atoms with Crippen LogP contribution in [0, 0.1) is 0 Å². The van der Waals surface area contributed by atoms with E-state index in [2.05, 4.69) is 10.6 Å². The monoisotopic (exact) mass is 328 g/mol. The molecule has 0 unspecified atom stereocenters. The summed E-state index contributed by atoms with van der Waals surface area (Å²) in [5.74, 6) is -1.07. The molecule has 23 heavy (non-hydrogen) atoms. The summed E-state index contributed by atoms with van der Waals surface area (Å²) < 4.78 is 0. The zero-order chi connectivity index (χ0) is 16.4. The van der Waals surface area contributed by atoms with Crippen molar-refractivity contribution in [2.45, 2.75) is 6.42 Å². The number of nitrogens with one attached hydrogen (secondary N) is 2. The number of hydrogen-bond acceptors (Lipinski definition) is 3. The molecule has 0 saturated heterocycles. The first-order chi connectivity index (χ1) is 11.0. The van der Waals surface area contributed by atoms with Crippen molar-refractivity contribution >= 4 is 40.4 Å². The van der Waals surface area contributed by atoms with E-state index in [1.165, 1.54) is 0 Å². The lowest BCUT2D eigenvalue weighted by Gasteiger charge is -2.04. The zero-order valence-corrected chi connectivity index (χ0v) is 12.7. The van der Waals surface area contributed by atoms with Crippen molar-refractivity contribution in [3.63, 3.8) is 0 Å². The maximum Gasteiger partial charge on any atom is 0.307 e. The van der Waals surface area contributed by atoms with Gasteiger partial charge in [-0.3, -0.25) is 9.59 Å². The van der Waals surface area contributed by atoms with Crippen molar-refractivity contribution in [1.29, 1.82) is 0 Å². The molecule has 0 spiro atoms. The second-order valence-corrected chi connectivity index (χ2v) is 5.55. The largest absolute Gasteiger partial charge is 0.481 e. The minimum Gasteiger partial charge on any atom is -0.481 e. The summed E-state index contributed by atoms with van der Waals surface area (Å²) in [7, 11) is 0. The summed E-state index contributed by atoms with van der Waals surface area (Å²) in [5.41, 5.74) is 3.44. The smallest absolute Gasteiger partial charge is 0.307 e. The van der Waals surface area contributed by atoms with Crippen LogP contribution >= 0.6 is 11.6 Å². The van der Waals surface area contributed by atoms with Gasteiger partial charge in [0.15, 0.2) is 0 Å². The van der Waals surface area contributed by atoms with Crippen LogP contribution in [0.2, 0.25) is 5.02 Å². The van der Waals surface area contributed by atoms with Gasteiger partial charge in [0.05, 0.1) is 12.0 Å². The van der Waals surface area contributed by atoms with Gasteiger partial charge in [0.25, 0.3) is 5.91 Å². The number of anilines is 2. The third-order valence-electron chi connectivity index (χ3n) is 3.46. The summed E-state index contributed by atoms with van der Waals surface area (Å²) in [6.07, 6.45) is 1.60. The number of fused-ring (bicyclic) bond motifs is 1. The molecule has 0 fully saturated rings. The molecule has 3 N–H and O–H groups in total. The van der Waals surface area contributed by atoms with E-state index >= 15 is 0 Å². The number of carbonyl (C=O) groups excluding carboxylic acids is 1. The number of halogens is 1. The van der Waals surface area contributed by atoms with Crippen LogP contribution < -0.4 is 10.6 Å². The summed E-state index contributed by atoms with van der Waals surface area (Å²) >= 11 is 5.98. The molecule has 116 valence electrons. The highest BCUT2D eigenvalue weighted by Gasteiger charge is 2.24. The molecule has 0 aliphatic carbocycles. The van der Waals surface area contributed by atoms with Crippen LogP contribution in [0.5, 0.6) is 0 Å². The predicted octanol–water partition coefficient (Wildman–Crippen LogP) is 3.37. The molecule has 2 aromatic rings. The molecule has 1 aliphatic heterocycles. The van der Waals surface area contributed by atoms with E-state index in [9.17, 15) is 9.59 Å². The van der Waals surface area contributed by atoms with Gasteiger partial charge in [-0.2, -0.15) is 0 Å². The minimum absolute atomic E-state index is 0.0182. The summed E-state index contributed by atoms with van der Waals surface area (Å²) in [4.78, 5) is 22.7. The fraction of sp³-hybridized carbons (Fsp3) is 0.0588. The van der Waals surface area contributed by atoms with Crippen molar-refractivity contribution < 1.29 is 14.7 Å². The van der Waals surface area contributed by atoms with Gasteiger partial charge >= 0.3 is 5.97 Å². The SMILES string of the molecule is O=C(O)Cc1ccc(NC=C2C(=O)Nc3ccc(Cl)cc32)cc1. The summed E-state index contributed by atoms with van der Waals surface area (Å²) in [6.45, 7) is 0. The van der Waals surface area contributed by atoms with Gasteiger partial charge in [-0.25, -0.2) is 0 Å². The highest BCUT2D eigenvalue weighted by molar-refractivity contribution is 6.34. The summed E-state index contributed by atoms with van der Waals surface area (Å²) in [6, 6.07) is 12.2. The first-order valence-electron chi connectivity index (χ1n) is 6.91. The number of carboxylic acid groups (broad SMARTS) is 1. The first-order valence-corrected chi connectivity index (χ1v) is 7.29. The van der Waals surface area contributed by atoms with Gasteiger partial charge in [-0.05, 0) is 35.9 Å². The highest BCUT2D eigenvalue weighted by atomic mass is 35.5. The quantitative estimate of drug-likeness (QED) is 0.752. The molecular formula is C17H13ClN2O3. The topological polar surface area (TPSA) is 78.4 Å². The van der Waals surface area contributed by atoms with E-state index in [0.717, 1.165) is 16.9 Å². The van der Waals surface area contributed by atoms with Gasteiger partial charge in [0.2, 0.25) is 0 Å². The maximum atomic E-state index is 12.0. The Labute approximate surface area is 137 Å². The molecule has 0 bridgehead atoms. The van der Waals surface area contributed by atoms with E-state index in [0.29, 0.717) is 16.2 Å². The Hall–Kier alpha value is -2.79. The van der Waals surface area contributed by atoms with Gasteiger partial charge in [0, 0.05) is 28.2 Å². The summed E-state index contributed by atoms with van der Waals surface area (Å²) in [5, 5.41) is 15.1. The van der Waals surface area contributed by atoms with E-state index < -0.39 is 5.97 Å². The first kappa shape index (κ1) is 15.1. The van der Waals surface area contributed by atoms with E-state index in [1.54, 1.807) is 48.7 Å². The Bertz CT molecular complexity index is 813. The zero-order valence-electron chi connectivity index (χ0n) is 12.0. The molecule has 0 aromatic heterocycles. The maximum absolute atomic E-state index is 12.0. The lowest BCUT2D eigenvalue weighted by atomic mass is 10.1. The van der Waals surface area contributed by atoms with Crippen molar-refractivity contribution in [2.24, 2.45) is 0 Å². The standard InChI is InChI=1S/C17H13ClN2O3/c18-11-3-6-15-13(8-11)14(17(23)20-15)9-19-12-4-1-10(2-5-12)7-16(21)22/h1-6,8-9,19H,7H2,(H,20,23)(H,21,22). The van der Waals surface area contributed by atoms with Gasteiger partial charge in [-0.15, -0.1) is 0 Å². The van der Waals surface area contributed by atoms with Gasteiger partial charge < -0.3 is 15.7 Å². The highest BCUT2D eigenvalue weighted by Crippen LogP contribution is 2.33. The Morgan fingerprint density at radius 2 is 1.96 bits per heavy atom. The third-order valence-corrected chi connectivity index (χ3v) is 3.69. The van der Waals surface area contributed by atoms with Crippen LogP contribution in [-0.4, -0.2) is 17.0 Å². The van der Waals surface area contributed by atoms with Gasteiger partial charge in [0.1, 0.15) is 0 Å². The van der Waals surface area contributed by atoms with Crippen LogP contribution in [0.15, 0.2) is 48.7 Å². The fourth-order valence-corrected chi connectivity index (χ4v) is 2.52. The number of rotatable bonds is 4. The Balaban J connectivity index is 1.79. The molecular weight excluding hydrogens is 316 g/mol. The minimum atomic E-state index is -0.871. The number of benzene rings is 2. The van der Waals surface area contributed by atoms with E-state index in [1.807, 2.05) is 0 Å². The number of amides is 1. The lowest BCUT2D eigenvalue weighted by Crippen LogP contribution is -2.05. The molecule has 0 atom stereocenters. The van der Waals surface area contributed by atoms with E-state index in [-0.39, 0.29) is 12.3 Å². The molecule has 1 amide bonds. The second-order valence-electron chi connectivity index (χ2n) is 5.11. The molecule has 2 aromatic carbocycles. The molecule has 6 heteroatoms. The molecule has 1 aliphatic rings. The van der Waals surface area contributed by atoms with Gasteiger partial charge in [-0.1, -0.05) is 23.7 Å². The molecule has 3 rings (SSSR count). The molecule has 0 saturated carbocycles. The van der Waals surface area contributed by atoms with Crippen LogP contribution in [0.1, 0.15) is 11.1 Å². The van der Waals surface area contributed by atoms with Crippen molar-refractivity contribution in [3.05, 3.63) is 64.8 Å². The number of aliphatic carboxylic acids is 1. The third kappa shape index (κ3) is 3.35.